The number of benzene rings is 2. The highest BCUT2D eigenvalue weighted by molar-refractivity contribution is 6.04. The van der Waals surface area contributed by atoms with Gasteiger partial charge in [-0.15, -0.1) is 0 Å². The molecule has 0 aliphatic carbocycles. The molecule has 0 bridgehead atoms. The molecule has 1 heterocycles. The zero-order chi connectivity index (χ0) is 22.1. The fraction of sp³-hybridized carbons (Fsp3) is 0.115. The summed E-state index contributed by atoms with van der Waals surface area (Å²) in [7, 11) is 0. The Balaban J connectivity index is 1.97. The second-order valence-electron chi connectivity index (χ2n) is 6.90. The van der Waals surface area contributed by atoms with Crippen molar-refractivity contribution in [2.45, 2.75) is 20.0 Å². The van der Waals surface area contributed by atoms with E-state index in [9.17, 15) is 9.90 Å². The van der Waals surface area contributed by atoms with E-state index in [0.29, 0.717) is 22.8 Å². The van der Waals surface area contributed by atoms with Gasteiger partial charge in [0.05, 0.1) is 18.0 Å². The highest BCUT2D eigenvalue weighted by Gasteiger charge is 2.12. The largest absolute Gasteiger partial charge is 0.389 e. The normalized spacial score (nSPS) is 12.9. The van der Waals surface area contributed by atoms with Crippen molar-refractivity contribution in [1.82, 2.24) is 9.97 Å². The second kappa shape index (κ2) is 10.8. The van der Waals surface area contributed by atoms with Crippen molar-refractivity contribution in [3.63, 3.8) is 0 Å². The lowest BCUT2D eigenvalue weighted by atomic mass is 10.1. The average molecular weight is 412 g/mol. The molecule has 0 fully saturated rings. The third-order valence-electron chi connectivity index (χ3n) is 4.46. The number of aromatic nitrogens is 2. The number of carbonyl (C=O) groups excluding carboxylic acids is 1. The highest BCUT2D eigenvalue weighted by Crippen LogP contribution is 2.20. The Morgan fingerprint density at radius 3 is 2.35 bits per heavy atom. The number of rotatable bonds is 7. The van der Waals surface area contributed by atoms with Crippen LogP contribution in [-0.2, 0) is 0 Å². The number of aliphatic hydroxyl groups is 1. The number of carbonyl (C=O) groups is 1. The van der Waals surface area contributed by atoms with Crippen molar-refractivity contribution < 1.29 is 9.90 Å². The summed E-state index contributed by atoms with van der Waals surface area (Å²) in [6.45, 7) is 3.58. The van der Waals surface area contributed by atoms with E-state index < -0.39 is 6.10 Å². The predicted molar refractivity (Wildman–Crippen MR) is 126 cm³/mol. The van der Waals surface area contributed by atoms with Crippen LogP contribution in [0, 0.1) is 0 Å². The Hall–Kier alpha value is -3.83. The smallest absolute Gasteiger partial charge is 0.256 e. The average Bonchev–Trinajstić information content (AvgIpc) is 2.80. The number of hydrogen-bond acceptors (Lipinski definition) is 4. The van der Waals surface area contributed by atoms with E-state index in [4.69, 9.17) is 4.98 Å². The zero-order valence-corrected chi connectivity index (χ0v) is 17.6. The Kier molecular flexibility index (Phi) is 7.62. The maximum absolute atomic E-state index is 12.6. The zero-order valence-electron chi connectivity index (χ0n) is 17.6. The van der Waals surface area contributed by atoms with E-state index in [0.717, 1.165) is 11.1 Å². The third kappa shape index (κ3) is 6.32. The lowest BCUT2D eigenvalue weighted by Crippen LogP contribution is -2.14. The predicted octanol–water partition coefficient (Wildman–Crippen LogP) is 5.24. The Morgan fingerprint density at radius 2 is 1.71 bits per heavy atom. The molecule has 2 aromatic carbocycles. The van der Waals surface area contributed by atoms with Gasteiger partial charge in [-0.2, -0.15) is 0 Å². The molecule has 0 spiro atoms. The fourth-order valence-corrected chi connectivity index (χ4v) is 2.84. The molecule has 31 heavy (non-hydrogen) atoms. The van der Waals surface area contributed by atoms with Gasteiger partial charge in [-0.25, -0.2) is 9.97 Å². The van der Waals surface area contributed by atoms with Gasteiger partial charge in [0.15, 0.2) is 5.82 Å². The summed E-state index contributed by atoms with van der Waals surface area (Å²) in [5.41, 5.74) is 3.56. The second-order valence-corrected chi connectivity index (χ2v) is 6.90. The number of amides is 1. The summed E-state index contributed by atoms with van der Waals surface area (Å²) in [5.74, 6) is 0.122. The van der Waals surface area contributed by atoms with Gasteiger partial charge in [-0.3, -0.25) is 4.79 Å². The molecule has 0 aliphatic heterocycles. The summed E-state index contributed by atoms with van der Waals surface area (Å²) in [4.78, 5) is 21.8. The molecule has 0 saturated heterocycles. The molecule has 3 aromatic rings. The van der Waals surface area contributed by atoms with Gasteiger partial charge in [0.25, 0.3) is 5.91 Å². The number of anilines is 1. The summed E-state index contributed by atoms with van der Waals surface area (Å²) < 4.78 is 0. The minimum atomic E-state index is -0.565. The molecule has 156 valence electrons. The SMILES string of the molecule is C/C=C(\C=C/C(C)O)c1cnc(NC(=O)c2ccccc2)c(/C=C/c2ccccc2)n1. The molecule has 1 unspecified atom stereocenters. The molecule has 5 nitrogen and oxygen atoms in total. The van der Waals surface area contributed by atoms with E-state index in [2.05, 4.69) is 10.3 Å². The first kappa shape index (κ1) is 21.9. The summed E-state index contributed by atoms with van der Waals surface area (Å²) in [6, 6.07) is 18.8. The van der Waals surface area contributed by atoms with Crippen LogP contribution in [0.3, 0.4) is 0 Å². The molecule has 0 radical (unpaired) electrons. The lowest BCUT2D eigenvalue weighted by molar-refractivity contribution is 0.102. The maximum Gasteiger partial charge on any atom is 0.256 e. The van der Waals surface area contributed by atoms with Crippen LogP contribution < -0.4 is 5.32 Å². The van der Waals surface area contributed by atoms with Crippen molar-refractivity contribution in [2.24, 2.45) is 0 Å². The van der Waals surface area contributed by atoms with Crippen LogP contribution in [0.15, 0.2) is 85.1 Å². The highest BCUT2D eigenvalue weighted by atomic mass is 16.3. The standard InChI is InChI=1S/C26H25N3O2/c1-3-21(16-14-19(2)30)24-18-27-25(29-26(31)22-12-8-5-9-13-22)23(28-24)17-15-20-10-6-4-7-11-20/h3-19,30H,1-2H3,(H,27,29,31)/b16-14-,17-15+,21-3+. The molecular formula is C26H25N3O2. The van der Waals surface area contributed by atoms with E-state index >= 15 is 0 Å². The van der Waals surface area contributed by atoms with Crippen LogP contribution >= 0.6 is 0 Å². The molecule has 1 amide bonds. The van der Waals surface area contributed by atoms with Crippen LogP contribution in [0.2, 0.25) is 0 Å². The minimum absolute atomic E-state index is 0.253. The van der Waals surface area contributed by atoms with E-state index in [1.54, 1.807) is 31.3 Å². The van der Waals surface area contributed by atoms with Gasteiger partial charge < -0.3 is 10.4 Å². The first-order valence-corrected chi connectivity index (χ1v) is 10.1. The van der Waals surface area contributed by atoms with Gasteiger partial charge in [0, 0.05) is 5.56 Å². The van der Waals surface area contributed by atoms with E-state index in [1.165, 1.54) is 0 Å². The molecule has 1 aromatic heterocycles. The van der Waals surface area contributed by atoms with Gasteiger partial charge in [0.1, 0.15) is 5.69 Å². The summed E-state index contributed by atoms with van der Waals surface area (Å²) in [5, 5.41) is 12.4. The van der Waals surface area contributed by atoms with Crippen LogP contribution in [0.5, 0.6) is 0 Å². The Bertz CT molecular complexity index is 1100. The molecular weight excluding hydrogens is 386 g/mol. The Labute approximate surface area is 182 Å². The fourth-order valence-electron chi connectivity index (χ4n) is 2.84. The minimum Gasteiger partial charge on any atom is -0.389 e. The number of nitrogens with one attached hydrogen (secondary N) is 1. The van der Waals surface area contributed by atoms with Gasteiger partial charge >= 0.3 is 0 Å². The van der Waals surface area contributed by atoms with Gasteiger partial charge in [-0.05, 0) is 43.2 Å². The molecule has 5 heteroatoms. The van der Waals surface area contributed by atoms with Crippen LogP contribution in [0.4, 0.5) is 5.82 Å². The molecule has 2 N–H and O–H groups in total. The van der Waals surface area contributed by atoms with Crippen molar-refractivity contribution in [3.05, 3.63) is 108 Å². The van der Waals surface area contributed by atoms with Gasteiger partial charge in [0.2, 0.25) is 0 Å². The molecule has 0 saturated carbocycles. The molecule has 3 rings (SSSR count). The van der Waals surface area contributed by atoms with Crippen LogP contribution in [0.25, 0.3) is 17.7 Å². The number of aliphatic hydroxyl groups excluding tert-OH is 1. The monoisotopic (exact) mass is 411 g/mol. The Morgan fingerprint density at radius 1 is 1.03 bits per heavy atom. The quantitative estimate of drug-likeness (QED) is 0.522. The van der Waals surface area contributed by atoms with Crippen molar-refractivity contribution in [2.75, 3.05) is 5.32 Å². The molecule has 1 atom stereocenters. The van der Waals surface area contributed by atoms with E-state index in [-0.39, 0.29) is 5.91 Å². The lowest BCUT2D eigenvalue weighted by Gasteiger charge is -2.10. The number of hydrogen-bond donors (Lipinski definition) is 2. The summed E-state index contributed by atoms with van der Waals surface area (Å²) >= 11 is 0. The maximum atomic E-state index is 12.6. The van der Waals surface area contributed by atoms with E-state index in [1.807, 2.05) is 79.8 Å². The van der Waals surface area contributed by atoms with Crippen molar-refractivity contribution >= 4 is 29.5 Å². The van der Waals surface area contributed by atoms with Crippen molar-refractivity contribution in [3.8, 4) is 0 Å². The van der Waals surface area contributed by atoms with Gasteiger partial charge in [-0.1, -0.05) is 72.8 Å². The van der Waals surface area contributed by atoms with Crippen LogP contribution in [0.1, 0.15) is 41.2 Å². The first-order valence-electron chi connectivity index (χ1n) is 10.1. The van der Waals surface area contributed by atoms with Crippen molar-refractivity contribution in [1.29, 1.82) is 0 Å². The number of nitrogens with zero attached hydrogens (tertiary/aromatic N) is 2. The topological polar surface area (TPSA) is 75.1 Å². The molecule has 0 aliphatic rings. The third-order valence-corrected chi connectivity index (χ3v) is 4.46. The number of allylic oxidation sites excluding steroid dienone is 3. The summed E-state index contributed by atoms with van der Waals surface area (Å²) in [6.07, 6.45) is 10.2. The first-order chi connectivity index (χ1) is 15.1. The van der Waals surface area contributed by atoms with Crippen LogP contribution in [-0.4, -0.2) is 27.1 Å².